The van der Waals surface area contributed by atoms with Gasteiger partial charge in [0.2, 0.25) is 5.91 Å². The molecule has 0 unspecified atom stereocenters. The van der Waals surface area contributed by atoms with E-state index in [4.69, 9.17) is 20.2 Å². The lowest BCUT2D eigenvalue weighted by molar-refractivity contribution is -0.122. The van der Waals surface area contributed by atoms with Gasteiger partial charge in [-0.25, -0.2) is 0 Å². The number of carbonyl (C=O) groups excluding carboxylic acids is 1. The summed E-state index contributed by atoms with van der Waals surface area (Å²) in [6.07, 6.45) is 1.64. The average molecular weight is 435 g/mol. The van der Waals surface area contributed by atoms with Gasteiger partial charge in [0.15, 0.2) is 11.5 Å². The predicted octanol–water partition coefficient (Wildman–Crippen LogP) is 4.73. The molecule has 0 saturated heterocycles. The molecular weight excluding hydrogens is 400 g/mol. The van der Waals surface area contributed by atoms with E-state index in [9.17, 15) is 4.79 Å². The second-order valence-electron chi connectivity index (χ2n) is 10.7. The summed E-state index contributed by atoms with van der Waals surface area (Å²) in [6, 6.07) is 10.2. The van der Waals surface area contributed by atoms with E-state index in [0.29, 0.717) is 6.61 Å². The van der Waals surface area contributed by atoms with Gasteiger partial charge < -0.3 is 15.2 Å². The number of amides is 1. The van der Waals surface area contributed by atoms with Crippen molar-refractivity contribution in [3.05, 3.63) is 58.1 Å². The molecule has 0 aromatic heterocycles. The lowest BCUT2D eigenvalue weighted by Gasteiger charge is -2.31. The van der Waals surface area contributed by atoms with Crippen LogP contribution in [0.3, 0.4) is 0 Å². The van der Waals surface area contributed by atoms with Crippen molar-refractivity contribution in [2.75, 3.05) is 6.61 Å². The van der Waals surface area contributed by atoms with Gasteiger partial charge in [-0.05, 0) is 72.1 Å². The zero-order chi connectivity index (χ0) is 23.5. The highest BCUT2D eigenvalue weighted by Crippen LogP contribution is 2.48. The molecule has 170 valence electrons. The van der Waals surface area contributed by atoms with Crippen LogP contribution in [0, 0.1) is 0 Å². The highest BCUT2D eigenvalue weighted by Gasteiger charge is 2.40. The van der Waals surface area contributed by atoms with Crippen molar-refractivity contribution >= 4 is 11.6 Å². The summed E-state index contributed by atoms with van der Waals surface area (Å²) in [5.41, 5.74) is 10.8. The smallest absolute Gasteiger partial charge is 0.227 e. The molecule has 5 nitrogen and oxygen atoms in total. The van der Waals surface area contributed by atoms with Gasteiger partial charge in [-0.3, -0.25) is 9.79 Å². The van der Waals surface area contributed by atoms with Crippen molar-refractivity contribution in [1.29, 1.82) is 0 Å². The molecule has 0 spiro atoms. The molecule has 0 saturated carbocycles. The summed E-state index contributed by atoms with van der Waals surface area (Å²) < 4.78 is 12.3. The molecule has 2 heterocycles. The Morgan fingerprint density at radius 1 is 1.16 bits per heavy atom. The molecule has 2 aromatic carbocycles. The maximum Gasteiger partial charge on any atom is 0.227 e. The largest absolute Gasteiger partial charge is 0.490 e. The molecule has 32 heavy (non-hydrogen) atoms. The minimum atomic E-state index is -0.727. The second kappa shape index (κ2) is 7.36. The topological polar surface area (TPSA) is 73.9 Å². The van der Waals surface area contributed by atoms with Crippen molar-refractivity contribution < 1.29 is 14.3 Å². The maximum atomic E-state index is 11.9. The number of ether oxygens (including phenoxy) is 2. The molecule has 5 heteroatoms. The monoisotopic (exact) mass is 434 g/mol. The molecule has 0 radical (unpaired) electrons. The van der Waals surface area contributed by atoms with Crippen LogP contribution < -0.4 is 15.2 Å². The van der Waals surface area contributed by atoms with Gasteiger partial charge in [0, 0.05) is 23.1 Å². The van der Waals surface area contributed by atoms with E-state index in [1.807, 2.05) is 45.0 Å². The fourth-order valence-corrected chi connectivity index (χ4v) is 4.73. The quantitative estimate of drug-likeness (QED) is 0.739. The van der Waals surface area contributed by atoms with E-state index < -0.39 is 5.41 Å². The maximum absolute atomic E-state index is 11.9. The van der Waals surface area contributed by atoms with Crippen LogP contribution in [-0.2, 0) is 23.1 Å². The van der Waals surface area contributed by atoms with E-state index in [1.54, 1.807) is 0 Å². The first-order valence-electron chi connectivity index (χ1n) is 11.4. The fraction of sp³-hybridized carbons (Fsp3) is 0.481. The van der Waals surface area contributed by atoms with Crippen LogP contribution in [0.5, 0.6) is 11.5 Å². The number of carbonyl (C=O) groups is 1. The number of nitrogens with zero attached hydrogens (tertiary/aromatic N) is 1. The highest BCUT2D eigenvalue weighted by molar-refractivity contribution is 6.16. The van der Waals surface area contributed by atoms with Crippen LogP contribution in [0.1, 0.15) is 76.3 Å². The lowest BCUT2D eigenvalue weighted by Crippen LogP contribution is -2.35. The summed E-state index contributed by atoms with van der Waals surface area (Å²) in [4.78, 5) is 17.1. The molecule has 0 aliphatic carbocycles. The Kier molecular flexibility index (Phi) is 5.15. The van der Waals surface area contributed by atoms with Crippen molar-refractivity contribution in [2.45, 2.75) is 77.9 Å². The van der Waals surface area contributed by atoms with Crippen LogP contribution in [-0.4, -0.2) is 29.4 Å². The Morgan fingerprint density at radius 2 is 1.81 bits per heavy atom. The number of rotatable bonds is 5. The molecule has 2 aliphatic heterocycles. The molecule has 0 fully saturated rings. The first-order valence-corrected chi connectivity index (χ1v) is 11.4. The molecule has 1 amide bonds. The third kappa shape index (κ3) is 3.78. The Balaban J connectivity index is 1.88. The zero-order valence-corrected chi connectivity index (χ0v) is 20.3. The Bertz CT molecular complexity index is 1110. The molecule has 0 bridgehead atoms. The first kappa shape index (κ1) is 22.4. The van der Waals surface area contributed by atoms with Crippen molar-refractivity contribution in [3.63, 3.8) is 0 Å². The second-order valence-corrected chi connectivity index (χ2v) is 10.7. The van der Waals surface area contributed by atoms with Crippen LogP contribution in [0.25, 0.3) is 0 Å². The van der Waals surface area contributed by atoms with E-state index >= 15 is 0 Å². The van der Waals surface area contributed by atoms with Crippen LogP contribution in [0.4, 0.5) is 0 Å². The third-order valence-electron chi connectivity index (χ3n) is 6.48. The summed E-state index contributed by atoms with van der Waals surface area (Å²) in [6.45, 7) is 14.8. The Hall–Kier alpha value is -2.82. The normalized spacial score (nSPS) is 18.3. The third-order valence-corrected chi connectivity index (χ3v) is 6.48. The zero-order valence-electron chi connectivity index (χ0n) is 20.3. The first-order chi connectivity index (χ1) is 14.8. The van der Waals surface area contributed by atoms with Gasteiger partial charge in [-0.15, -0.1) is 0 Å². The van der Waals surface area contributed by atoms with Gasteiger partial charge in [0.25, 0.3) is 0 Å². The number of hydrogen-bond acceptors (Lipinski definition) is 4. The van der Waals surface area contributed by atoms with Gasteiger partial charge in [-0.2, -0.15) is 0 Å². The summed E-state index contributed by atoms with van der Waals surface area (Å²) in [7, 11) is 0. The Morgan fingerprint density at radius 3 is 2.41 bits per heavy atom. The molecule has 2 aromatic rings. The average Bonchev–Trinajstić information content (AvgIpc) is 3.02. The number of fused-ring (bicyclic) bond motifs is 3. The molecular formula is C27H34N2O3. The van der Waals surface area contributed by atoms with Gasteiger partial charge in [0.1, 0.15) is 5.60 Å². The summed E-state index contributed by atoms with van der Waals surface area (Å²) in [5, 5.41) is 0. The van der Waals surface area contributed by atoms with Crippen LogP contribution >= 0.6 is 0 Å². The van der Waals surface area contributed by atoms with Gasteiger partial charge in [0.05, 0.1) is 23.3 Å². The van der Waals surface area contributed by atoms with Crippen molar-refractivity contribution in [2.24, 2.45) is 10.7 Å². The van der Waals surface area contributed by atoms with E-state index in [2.05, 4.69) is 33.8 Å². The van der Waals surface area contributed by atoms with Crippen LogP contribution in [0.15, 0.2) is 35.3 Å². The number of benzene rings is 2. The number of hydrogen-bond donors (Lipinski definition) is 1. The van der Waals surface area contributed by atoms with Gasteiger partial charge >= 0.3 is 0 Å². The highest BCUT2D eigenvalue weighted by atomic mass is 16.5. The lowest BCUT2D eigenvalue weighted by atomic mass is 9.79. The number of aliphatic imine (C=N–C) groups is 1. The van der Waals surface area contributed by atoms with E-state index in [0.717, 1.165) is 46.7 Å². The summed E-state index contributed by atoms with van der Waals surface area (Å²) >= 11 is 0. The molecule has 4 rings (SSSR count). The predicted molar refractivity (Wildman–Crippen MR) is 128 cm³/mol. The molecule has 0 atom stereocenters. The Labute approximate surface area is 191 Å². The van der Waals surface area contributed by atoms with Crippen molar-refractivity contribution in [1.82, 2.24) is 0 Å². The minimum absolute atomic E-state index is 0.236. The van der Waals surface area contributed by atoms with Gasteiger partial charge in [-0.1, -0.05) is 24.3 Å². The molecule has 2 N–H and O–H groups in total. The van der Waals surface area contributed by atoms with Crippen molar-refractivity contribution in [3.8, 4) is 11.5 Å². The van der Waals surface area contributed by atoms with E-state index in [1.165, 1.54) is 11.1 Å². The number of nitrogens with two attached hydrogens (primary N) is 1. The summed E-state index contributed by atoms with van der Waals surface area (Å²) in [5.74, 6) is 1.32. The fourth-order valence-electron chi connectivity index (χ4n) is 4.73. The SMILES string of the molecule is CCOc1cc2c(c3c1OC(C)(C)C3)C(c1ccc(C(C)(C)C(N)=O)cc1)=NC(C)(C)C2. The molecule has 2 aliphatic rings. The standard InChI is InChI=1S/C27H34N2O3/c1-8-31-20-13-17-14-25(2,3)29-22(21(17)19-15-26(4,5)32-23(19)20)16-9-11-18(12-10-16)27(6,7)24(28)30/h9-13H,8,14-15H2,1-7H3,(H2,28,30). The van der Waals surface area contributed by atoms with Crippen LogP contribution in [0.2, 0.25) is 0 Å². The minimum Gasteiger partial charge on any atom is -0.490 e. The number of primary amides is 1. The van der Waals surface area contributed by atoms with E-state index in [-0.39, 0.29) is 17.0 Å².